The summed E-state index contributed by atoms with van der Waals surface area (Å²) < 4.78 is 2.70. The van der Waals surface area contributed by atoms with Crippen LogP contribution in [0.25, 0.3) is 11.0 Å². The minimum atomic E-state index is -0.727. The zero-order valence-electron chi connectivity index (χ0n) is 17.1. The van der Waals surface area contributed by atoms with Crippen LogP contribution in [0.4, 0.5) is 0 Å². The molecule has 0 bridgehead atoms. The lowest BCUT2D eigenvalue weighted by Crippen LogP contribution is -2.47. The standard InChI is InChI=1S/C23H24N4O4/c24-21(29)17-10-12-25(13-11-17)20(28)15-27-19-9-5-4-8-18(19)26(22(30)23(27)31)14-16-6-2-1-3-7-16/h1-9,17H,10-15H2,(H2,24,29). The fourth-order valence-corrected chi connectivity index (χ4v) is 4.10. The van der Waals surface area contributed by atoms with Crippen LogP contribution in [0.1, 0.15) is 18.4 Å². The van der Waals surface area contributed by atoms with Crippen molar-refractivity contribution < 1.29 is 9.59 Å². The van der Waals surface area contributed by atoms with Crippen LogP contribution in [0.15, 0.2) is 64.2 Å². The quantitative estimate of drug-likeness (QED) is 0.620. The molecule has 8 nitrogen and oxygen atoms in total. The number of likely N-dealkylation sites (tertiary alicyclic amines) is 1. The molecular weight excluding hydrogens is 396 g/mol. The summed E-state index contributed by atoms with van der Waals surface area (Å²) in [7, 11) is 0. The highest BCUT2D eigenvalue weighted by Gasteiger charge is 2.26. The van der Waals surface area contributed by atoms with Gasteiger partial charge in [-0.1, -0.05) is 42.5 Å². The highest BCUT2D eigenvalue weighted by molar-refractivity contribution is 5.81. The van der Waals surface area contributed by atoms with Crippen LogP contribution in [0.2, 0.25) is 0 Å². The zero-order valence-corrected chi connectivity index (χ0v) is 17.1. The maximum Gasteiger partial charge on any atom is 0.317 e. The van der Waals surface area contributed by atoms with Crippen molar-refractivity contribution >= 4 is 22.8 Å². The Balaban J connectivity index is 1.66. The Bertz CT molecular complexity index is 1240. The van der Waals surface area contributed by atoms with Crippen LogP contribution >= 0.6 is 0 Å². The monoisotopic (exact) mass is 420 g/mol. The molecule has 0 saturated carbocycles. The number of carbonyl (C=O) groups excluding carboxylic acids is 2. The van der Waals surface area contributed by atoms with Gasteiger partial charge in [-0.2, -0.15) is 0 Å². The van der Waals surface area contributed by atoms with Crippen molar-refractivity contribution in [3.63, 3.8) is 0 Å². The number of nitrogens with two attached hydrogens (primary N) is 1. The first-order chi connectivity index (χ1) is 15.0. The third kappa shape index (κ3) is 4.14. The van der Waals surface area contributed by atoms with Gasteiger partial charge in [0, 0.05) is 19.0 Å². The lowest BCUT2D eigenvalue weighted by atomic mass is 9.96. The van der Waals surface area contributed by atoms with Gasteiger partial charge < -0.3 is 10.6 Å². The molecular formula is C23H24N4O4. The Hall–Kier alpha value is -3.68. The molecule has 1 aliphatic rings. The summed E-state index contributed by atoms with van der Waals surface area (Å²) >= 11 is 0. The highest BCUT2D eigenvalue weighted by Crippen LogP contribution is 2.18. The Morgan fingerprint density at radius 3 is 2.00 bits per heavy atom. The van der Waals surface area contributed by atoms with Crippen molar-refractivity contribution in [2.45, 2.75) is 25.9 Å². The molecule has 2 N–H and O–H groups in total. The predicted molar refractivity (Wildman–Crippen MR) is 117 cm³/mol. The van der Waals surface area contributed by atoms with Crippen LogP contribution in [-0.4, -0.2) is 38.9 Å². The van der Waals surface area contributed by atoms with Crippen LogP contribution in [0.3, 0.4) is 0 Å². The maximum absolute atomic E-state index is 13.0. The summed E-state index contributed by atoms with van der Waals surface area (Å²) in [5, 5.41) is 0. The number of piperidine rings is 1. The molecule has 31 heavy (non-hydrogen) atoms. The summed E-state index contributed by atoms with van der Waals surface area (Å²) in [6.45, 7) is 0.862. The van der Waals surface area contributed by atoms with Gasteiger partial charge in [-0.25, -0.2) is 0 Å². The molecule has 8 heteroatoms. The van der Waals surface area contributed by atoms with E-state index in [1.807, 2.05) is 30.3 Å². The lowest BCUT2D eigenvalue weighted by molar-refractivity contribution is -0.135. The van der Waals surface area contributed by atoms with E-state index in [-0.39, 0.29) is 30.8 Å². The second-order valence-corrected chi connectivity index (χ2v) is 7.81. The number of primary amides is 1. The first kappa shape index (κ1) is 20.6. The fraction of sp³-hybridized carbons (Fsp3) is 0.304. The van der Waals surface area contributed by atoms with Crippen molar-refractivity contribution in [2.75, 3.05) is 13.1 Å². The van der Waals surface area contributed by atoms with E-state index in [2.05, 4.69) is 0 Å². The van der Waals surface area contributed by atoms with Gasteiger partial charge in [0.15, 0.2) is 0 Å². The molecule has 0 spiro atoms. The molecule has 1 fully saturated rings. The molecule has 0 radical (unpaired) electrons. The minimum Gasteiger partial charge on any atom is -0.369 e. The second-order valence-electron chi connectivity index (χ2n) is 7.81. The molecule has 2 amide bonds. The minimum absolute atomic E-state index is 0.220. The van der Waals surface area contributed by atoms with E-state index >= 15 is 0 Å². The molecule has 2 aromatic carbocycles. The first-order valence-electron chi connectivity index (χ1n) is 10.3. The van der Waals surface area contributed by atoms with Crippen molar-refractivity contribution in [1.29, 1.82) is 0 Å². The van der Waals surface area contributed by atoms with Gasteiger partial charge in [-0.15, -0.1) is 0 Å². The predicted octanol–water partition coefficient (Wildman–Crippen LogP) is 0.935. The number of fused-ring (bicyclic) bond motifs is 1. The molecule has 1 aliphatic heterocycles. The van der Waals surface area contributed by atoms with Crippen LogP contribution < -0.4 is 16.9 Å². The third-order valence-corrected chi connectivity index (χ3v) is 5.86. The number of nitrogens with zero attached hydrogens (tertiary/aromatic N) is 3. The van der Waals surface area contributed by atoms with Gasteiger partial charge in [0.05, 0.1) is 17.6 Å². The van der Waals surface area contributed by atoms with E-state index in [9.17, 15) is 19.2 Å². The van der Waals surface area contributed by atoms with Gasteiger partial charge >= 0.3 is 11.1 Å². The van der Waals surface area contributed by atoms with E-state index in [0.29, 0.717) is 37.0 Å². The van der Waals surface area contributed by atoms with Crippen LogP contribution in [0, 0.1) is 5.92 Å². The van der Waals surface area contributed by atoms with E-state index in [1.165, 1.54) is 9.13 Å². The number of rotatable bonds is 5. The zero-order chi connectivity index (χ0) is 22.0. The Morgan fingerprint density at radius 2 is 1.39 bits per heavy atom. The van der Waals surface area contributed by atoms with Crippen molar-refractivity contribution in [1.82, 2.24) is 14.0 Å². The van der Waals surface area contributed by atoms with Crippen LogP contribution in [0.5, 0.6) is 0 Å². The molecule has 1 aromatic heterocycles. The summed E-state index contributed by atoms with van der Waals surface area (Å²) in [5.74, 6) is -0.832. The summed E-state index contributed by atoms with van der Waals surface area (Å²) in [4.78, 5) is 51.7. The Kier molecular flexibility index (Phi) is 5.70. The van der Waals surface area contributed by atoms with Gasteiger partial charge in [-0.05, 0) is 30.5 Å². The Morgan fingerprint density at radius 1 is 0.839 bits per heavy atom. The van der Waals surface area contributed by atoms with E-state index < -0.39 is 11.1 Å². The number of hydrogen-bond acceptors (Lipinski definition) is 4. The second kappa shape index (κ2) is 8.59. The van der Waals surface area contributed by atoms with E-state index in [1.54, 1.807) is 29.2 Å². The molecule has 3 aromatic rings. The number of aromatic nitrogens is 2. The smallest absolute Gasteiger partial charge is 0.317 e. The maximum atomic E-state index is 13.0. The molecule has 2 heterocycles. The number of amides is 2. The SMILES string of the molecule is NC(=O)C1CCN(C(=O)Cn2c(=O)c(=O)n(Cc3ccccc3)c3ccccc32)CC1. The van der Waals surface area contributed by atoms with Gasteiger partial charge in [0.1, 0.15) is 6.54 Å². The number of benzene rings is 2. The van der Waals surface area contributed by atoms with Gasteiger partial charge in [0.2, 0.25) is 11.8 Å². The van der Waals surface area contributed by atoms with E-state index in [4.69, 9.17) is 5.73 Å². The molecule has 0 atom stereocenters. The Labute approximate surface area is 178 Å². The number of carbonyl (C=O) groups is 2. The third-order valence-electron chi connectivity index (χ3n) is 5.86. The summed E-state index contributed by atoms with van der Waals surface area (Å²) in [6, 6.07) is 16.5. The average Bonchev–Trinajstić information content (AvgIpc) is 2.80. The average molecular weight is 420 g/mol. The van der Waals surface area contributed by atoms with Crippen molar-refractivity contribution in [3.8, 4) is 0 Å². The van der Waals surface area contributed by atoms with Gasteiger partial charge in [-0.3, -0.25) is 28.3 Å². The topological polar surface area (TPSA) is 107 Å². The first-order valence-corrected chi connectivity index (χ1v) is 10.3. The molecule has 160 valence electrons. The highest BCUT2D eigenvalue weighted by atomic mass is 16.2. The molecule has 0 unspecified atom stereocenters. The lowest BCUT2D eigenvalue weighted by Gasteiger charge is -2.30. The largest absolute Gasteiger partial charge is 0.369 e. The molecule has 0 aliphatic carbocycles. The van der Waals surface area contributed by atoms with E-state index in [0.717, 1.165) is 5.56 Å². The van der Waals surface area contributed by atoms with Crippen LogP contribution in [-0.2, 0) is 22.7 Å². The normalized spacial score (nSPS) is 14.6. The molecule has 1 saturated heterocycles. The van der Waals surface area contributed by atoms with Crippen molar-refractivity contribution in [2.24, 2.45) is 11.7 Å². The van der Waals surface area contributed by atoms with Crippen molar-refractivity contribution in [3.05, 3.63) is 80.9 Å². The molecule has 4 rings (SSSR count). The fourth-order valence-electron chi connectivity index (χ4n) is 4.10. The number of hydrogen-bond donors (Lipinski definition) is 1. The number of para-hydroxylation sites is 2. The summed E-state index contributed by atoms with van der Waals surface area (Å²) in [5.41, 5.74) is 5.99. The summed E-state index contributed by atoms with van der Waals surface area (Å²) in [6.07, 6.45) is 1.02. The van der Waals surface area contributed by atoms with Gasteiger partial charge in [0.25, 0.3) is 0 Å².